The zero-order valence-electron chi connectivity index (χ0n) is 20.6. The van der Waals surface area contributed by atoms with Crippen LogP contribution in [0.4, 0.5) is 0 Å². The Morgan fingerprint density at radius 3 is 2.24 bits per heavy atom. The van der Waals surface area contributed by atoms with Gasteiger partial charge in [0, 0.05) is 5.75 Å². The van der Waals surface area contributed by atoms with Crippen molar-refractivity contribution in [2.45, 2.75) is 90.9 Å². The number of nitrogens with two attached hydrogens (primary N) is 1. The van der Waals surface area contributed by atoms with Gasteiger partial charge in [0.05, 0.1) is 18.4 Å². The van der Waals surface area contributed by atoms with Crippen LogP contribution < -0.4 is 10.8 Å². The number of hydrogen-bond acceptors (Lipinski definition) is 6. The Balaban J connectivity index is 0. The molecule has 0 saturated carbocycles. The van der Waals surface area contributed by atoms with Gasteiger partial charge in [0.2, 0.25) is 0 Å². The van der Waals surface area contributed by atoms with Crippen molar-refractivity contribution in [3.05, 3.63) is 29.3 Å². The van der Waals surface area contributed by atoms with Gasteiger partial charge in [-0.15, -0.1) is 5.10 Å². The van der Waals surface area contributed by atoms with Gasteiger partial charge in [0.25, 0.3) is 0 Å². The van der Waals surface area contributed by atoms with Crippen LogP contribution in [0.2, 0.25) is 0 Å². The predicted molar refractivity (Wildman–Crippen MR) is 138 cm³/mol. The van der Waals surface area contributed by atoms with Crippen LogP contribution in [0.15, 0.2) is 28.4 Å². The average Bonchev–Trinajstić information content (AvgIpc) is 2.79. The molecule has 0 unspecified atom stereocenters. The first-order valence-corrected chi connectivity index (χ1v) is 13.0. The summed E-state index contributed by atoms with van der Waals surface area (Å²) in [4.78, 5) is 12.2. The minimum Gasteiger partial charge on any atom is -0.871 e. The molecule has 0 amide bonds. The van der Waals surface area contributed by atoms with E-state index >= 15 is 0 Å². The third-order valence-corrected chi connectivity index (χ3v) is 5.97. The number of ether oxygens (including phenoxy) is 1. The maximum Gasteiger partial charge on any atom is 1.00 e. The number of benzene rings is 1. The summed E-state index contributed by atoms with van der Waals surface area (Å²) in [6, 6.07) is 4.73. The third-order valence-electron chi connectivity index (χ3n) is 5.10. The number of unbranched alkanes of at least 4 members (excludes halogenated alkanes) is 10. The molecule has 1 aromatic carbocycles. The third kappa shape index (κ3) is 16.1. The fraction of sp³-hybridized carbons (Fsp3) is 0.640. The molecule has 0 bridgehead atoms. The summed E-state index contributed by atoms with van der Waals surface area (Å²) in [5, 5.41) is 20.8. The van der Waals surface area contributed by atoms with Crippen molar-refractivity contribution < 1.29 is 37.2 Å². The smallest absolute Gasteiger partial charge is 0.871 e. The molecule has 0 aromatic heterocycles. The van der Waals surface area contributed by atoms with E-state index in [1.165, 1.54) is 75.4 Å². The second-order valence-corrected chi connectivity index (χ2v) is 9.04. The number of amidine groups is 1. The van der Waals surface area contributed by atoms with Crippen LogP contribution in [0.3, 0.4) is 0 Å². The first kappa shape index (κ1) is 34.6. The Labute approximate surface area is 220 Å². The molecule has 1 aromatic rings. The van der Waals surface area contributed by atoms with Crippen molar-refractivity contribution in [3.63, 3.8) is 0 Å². The average molecular weight is 544 g/mol. The van der Waals surface area contributed by atoms with Gasteiger partial charge in [-0.3, -0.25) is 0 Å². The summed E-state index contributed by atoms with van der Waals surface area (Å²) < 4.78 is 5.26. The summed E-state index contributed by atoms with van der Waals surface area (Å²) in [5.74, 6) is -0.0852. The molecule has 0 aliphatic heterocycles. The van der Waals surface area contributed by atoms with Crippen molar-refractivity contribution in [3.8, 4) is 5.75 Å². The molecular formula is C25H42CuN3O4S. The van der Waals surface area contributed by atoms with Crippen molar-refractivity contribution in [1.82, 2.24) is 0 Å². The van der Waals surface area contributed by atoms with Crippen LogP contribution in [0.25, 0.3) is 0 Å². The van der Waals surface area contributed by atoms with E-state index < -0.39 is 11.7 Å². The van der Waals surface area contributed by atoms with Gasteiger partial charge in [-0.2, -0.15) is 5.10 Å². The normalized spacial score (nSPS) is 11.2. The zero-order valence-corrected chi connectivity index (χ0v) is 22.4. The summed E-state index contributed by atoms with van der Waals surface area (Å²) in [6.45, 7) is 4.72. The van der Waals surface area contributed by atoms with Gasteiger partial charge in [-0.05, 0) is 24.5 Å². The number of carbonyl (C=O) groups is 1. The Kier molecular flexibility index (Phi) is 23.6. The maximum absolute atomic E-state index is 12.5. The zero-order chi connectivity index (χ0) is 23.4. The minimum atomic E-state index is -0.587. The number of esters is 1. The fourth-order valence-corrected chi connectivity index (χ4v) is 3.84. The first-order valence-electron chi connectivity index (χ1n) is 12.1. The summed E-state index contributed by atoms with van der Waals surface area (Å²) >= 11 is 1.47. The van der Waals surface area contributed by atoms with E-state index in [1.54, 1.807) is 12.1 Å². The van der Waals surface area contributed by atoms with Gasteiger partial charge in [0.1, 0.15) is 0 Å². The molecule has 0 radical (unpaired) electrons. The summed E-state index contributed by atoms with van der Waals surface area (Å²) in [6.07, 6.45) is 15.4. The van der Waals surface area contributed by atoms with Crippen molar-refractivity contribution in [1.29, 1.82) is 0 Å². The van der Waals surface area contributed by atoms with Gasteiger partial charge in [-0.25, -0.2) is 4.79 Å². The van der Waals surface area contributed by atoms with Gasteiger partial charge >= 0.3 is 23.0 Å². The first-order chi connectivity index (χ1) is 15.6. The van der Waals surface area contributed by atoms with Crippen molar-refractivity contribution in [2.24, 2.45) is 15.9 Å². The van der Waals surface area contributed by atoms with Crippen molar-refractivity contribution in [2.75, 3.05) is 12.4 Å². The van der Waals surface area contributed by atoms with E-state index in [0.717, 1.165) is 31.4 Å². The topological polar surface area (TPSA) is 132 Å². The second kappa shape index (κ2) is 23.2. The quantitative estimate of drug-likeness (QED) is 0.0720. The molecule has 0 aliphatic carbocycles. The minimum absolute atomic E-state index is 0. The molecule has 0 aliphatic rings. The summed E-state index contributed by atoms with van der Waals surface area (Å²) in [7, 11) is 0. The summed E-state index contributed by atoms with van der Waals surface area (Å²) in [5.41, 5.74) is 6.18. The molecule has 0 spiro atoms. The second-order valence-electron chi connectivity index (χ2n) is 7.93. The van der Waals surface area contributed by atoms with E-state index in [0.29, 0.717) is 11.8 Å². The van der Waals surface area contributed by atoms with Crippen LogP contribution >= 0.6 is 11.8 Å². The molecule has 4 N–H and O–H groups in total. The number of rotatable bonds is 17. The number of hydrogen-bond donors (Lipinski definition) is 1. The standard InChI is InChI=1S/C25H41N3O3S.Cu.H2O/c1-3-5-7-9-11-13-18-31-24(30)22-17-15-16-21(23(22)29)20-27-28-25(26)32-19-14-12-10-8-6-4-2;;/h15-17,20,29H,3-14,18-19H2,1-2H3,(H2,26,28);;1H2/q;+1;/p-1/b27-20+;;. The number of carbonyl (C=O) groups excluding carboxylic acids is 1. The number of nitrogens with zero attached hydrogens (tertiary/aromatic N) is 2. The molecule has 198 valence electrons. The molecule has 0 atom stereocenters. The van der Waals surface area contributed by atoms with Crippen LogP contribution in [0.5, 0.6) is 5.75 Å². The van der Waals surface area contributed by atoms with E-state index in [9.17, 15) is 9.90 Å². The largest absolute Gasteiger partial charge is 1.00 e. The molecule has 7 nitrogen and oxygen atoms in total. The van der Waals surface area contributed by atoms with E-state index in [1.807, 2.05) is 0 Å². The fourth-order valence-electron chi connectivity index (χ4n) is 3.18. The molecule has 9 heteroatoms. The van der Waals surface area contributed by atoms with E-state index in [2.05, 4.69) is 24.1 Å². The Morgan fingerprint density at radius 1 is 1.00 bits per heavy atom. The van der Waals surface area contributed by atoms with Gasteiger partial charge < -0.3 is 21.1 Å². The Bertz CT molecular complexity index is 717. The SMILES string of the molecule is CCCCCCCCOC(=O)c1cccc(/C=N/N=C(\N)SCCCCCCCC)c1[O-].O.[Cu+]. The van der Waals surface area contributed by atoms with Crippen LogP contribution in [-0.4, -0.2) is 35.2 Å². The van der Waals surface area contributed by atoms with Gasteiger partial charge in [-0.1, -0.05) is 108 Å². The molecule has 34 heavy (non-hydrogen) atoms. The van der Waals surface area contributed by atoms with E-state index in [-0.39, 0.29) is 33.7 Å². The monoisotopic (exact) mass is 543 g/mol. The number of thioether (sulfide) groups is 1. The molecule has 0 heterocycles. The molecule has 0 saturated heterocycles. The molecular weight excluding hydrogens is 502 g/mol. The van der Waals surface area contributed by atoms with Crippen LogP contribution in [0, 0.1) is 0 Å². The Hall–Kier alpha value is -1.54. The van der Waals surface area contributed by atoms with Crippen LogP contribution in [0.1, 0.15) is 107 Å². The van der Waals surface area contributed by atoms with Crippen molar-refractivity contribution >= 4 is 29.1 Å². The van der Waals surface area contributed by atoms with Gasteiger partial charge in [0.15, 0.2) is 5.17 Å². The maximum atomic E-state index is 12.5. The molecule has 1 rings (SSSR count). The Morgan fingerprint density at radius 2 is 1.59 bits per heavy atom. The molecule has 0 fully saturated rings. The predicted octanol–water partition coefficient (Wildman–Crippen LogP) is 5.19. The number of para-hydroxylation sites is 1. The van der Waals surface area contributed by atoms with E-state index in [4.69, 9.17) is 10.5 Å². The van der Waals surface area contributed by atoms with Crippen LogP contribution in [-0.2, 0) is 21.8 Å².